The molecule has 0 aromatic heterocycles. The lowest BCUT2D eigenvalue weighted by molar-refractivity contribution is -0.294. The molecule has 13 heavy (non-hydrogen) atoms. The van der Waals surface area contributed by atoms with Crippen molar-refractivity contribution in [2.45, 2.75) is 32.8 Å². The predicted molar refractivity (Wildman–Crippen MR) is 48.0 cm³/mol. The third-order valence-electron chi connectivity index (χ3n) is 3.15. The molecular weight excluding hydrogens is 168 g/mol. The molecule has 2 rings (SSSR count). The fourth-order valence-corrected chi connectivity index (χ4v) is 2.14. The molecule has 0 aromatic rings. The minimum absolute atomic E-state index is 0.165. The molecule has 0 saturated carbocycles. The smallest absolute Gasteiger partial charge is 0.106 e. The van der Waals surface area contributed by atoms with E-state index in [4.69, 9.17) is 9.78 Å². The van der Waals surface area contributed by atoms with Gasteiger partial charge in [0.15, 0.2) is 0 Å². The number of aliphatic hydroxyl groups excluding tert-OH is 1. The first kappa shape index (κ1) is 9.19. The number of hydrogen-bond donors (Lipinski definition) is 1. The molecule has 1 aliphatic carbocycles. The molecule has 0 saturated heterocycles. The highest BCUT2D eigenvalue weighted by molar-refractivity contribution is 5.28. The van der Waals surface area contributed by atoms with Crippen molar-refractivity contribution in [3.8, 4) is 0 Å². The standard InChI is InChI=1S/C10H16O3/c1-10(2)4-3-9(11)7-5-12-13-6-8(7)10/h9,11H,3-6H2,1-2H3. The lowest BCUT2D eigenvalue weighted by Crippen LogP contribution is -2.35. The van der Waals surface area contributed by atoms with Crippen molar-refractivity contribution < 1.29 is 14.9 Å². The Balaban J connectivity index is 2.36. The van der Waals surface area contributed by atoms with E-state index >= 15 is 0 Å². The lowest BCUT2D eigenvalue weighted by atomic mass is 9.71. The Kier molecular flexibility index (Phi) is 2.18. The van der Waals surface area contributed by atoms with Gasteiger partial charge < -0.3 is 5.11 Å². The van der Waals surface area contributed by atoms with E-state index in [-0.39, 0.29) is 11.5 Å². The molecule has 1 unspecified atom stereocenters. The van der Waals surface area contributed by atoms with Crippen molar-refractivity contribution in [1.82, 2.24) is 0 Å². The molecule has 1 heterocycles. The molecule has 74 valence electrons. The summed E-state index contributed by atoms with van der Waals surface area (Å²) in [6, 6.07) is 0. The van der Waals surface area contributed by atoms with Gasteiger partial charge in [-0.1, -0.05) is 13.8 Å². The van der Waals surface area contributed by atoms with Crippen LogP contribution in [0.4, 0.5) is 0 Å². The monoisotopic (exact) mass is 184 g/mol. The highest BCUT2D eigenvalue weighted by Crippen LogP contribution is 2.41. The molecule has 0 aromatic carbocycles. The van der Waals surface area contributed by atoms with Crippen LogP contribution in [0.25, 0.3) is 0 Å². The molecule has 2 aliphatic rings. The van der Waals surface area contributed by atoms with Crippen LogP contribution < -0.4 is 0 Å². The van der Waals surface area contributed by atoms with Gasteiger partial charge in [-0.25, -0.2) is 9.78 Å². The Morgan fingerprint density at radius 2 is 2.00 bits per heavy atom. The average Bonchev–Trinajstić information content (AvgIpc) is 2.13. The molecule has 3 heteroatoms. The molecule has 3 nitrogen and oxygen atoms in total. The van der Waals surface area contributed by atoms with Gasteiger partial charge in [-0.15, -0.1) is 0 Å². The third kappa shape index (κ3) is 1.52. The Hall–Kier alpha value is -0.380. The van der Waals surface area contributed by atoms with Gasteiger partial charge in [0.1, 0.15) is 13.2 Å². The summed E-state index contributed by atoms with van der Waals surface area (Å²) >= 11 is 0. The molecule has 1 N–H and O–H groups in total. The van der Waals surface area contributed by atoms with Gasteiger partial charge in [0.25, 0.3) is 0 Å². The summed E-state index contributed by atoms with van der Waals surface area (Å²) < 4.78 is 0. The van der Waals surface area contributed by atoms with Crippen LogP contribution in [0.1, 0.15) is 26.7 Å². The average molecular weight is 184 g/mol. The fraction of sp³-hybridized carbons (Fsp3) is 0.800. The van der Waals surface area contributed by atoms with Crippen LogP contribution in [0.15, 0.2) is 11.1 Å². The van der Waals surface area contributed by atoms with Gasteiger partial charge in [-0.2, -0.15) is 0 Å². The second-order valence-electron chi connectivity index (χ2n) is 4.47. The van der Waals surface area contributed by atoms with Gasteiger partial charge in [-0.05, 0) is 29.4 Å². The second-order valence-corrected chi connectivity index (χ2v) is 4.47. The molecule has 0 bridgehead atoms. The highest BCUT2D eigenvalue weighted by Gasteiger charge is 2.36. The summed E-state index contributed by atoms with van der Waals surface area (Å²) in [5, 5.41) is 9.74. The Bertz CT molecular complexity index is 243. The van der Waals surface area contributed by atoms with Gasteiger partial charge in [0, 0.05) is 0 Å². The fourth-order valence-electron chi connectivity index (χ4n) is 2.14. The topological polar surface area (TPSA) is 38.7 Å². The van der Waals surface area contributed by atoms with E-state index in [0.29, 0.717) is 13.2 Å². The Morgan fingerprint density at radius 1 is 1.31 bits per heavy atom. The summed E-state index contributed by atoms with van der Waals surface area (Å²) in [7, 11) is 0. The van der Waals surface area contributed by atoms with E-state index in [1.54, 1.807) is 0 Å². The largest absolute Gasteiger partial charge is 0.389 e. The first-order chi connectivity index (χ1) is 6.11. The maximum Gasteiger partial charge on any atom is 0.106 e. The number of rotatable bonds is 0. The van der Waals surface area contributed by atoms with Gasteiger partial charge in [-0.3, -0.25) is 0 Å². The van der Waals surface area contributed by atoms with Crippen molar-refractivity contribution in [3.05, 3.63) is 11.1 Å². The van der Waals surface area contributed by atoms with Crippen LogP contribution in [0.3, 0.4) is 0 Å². The second kappa shape index (κ2) is 3.08. The maximum atomic E-state index is 9.74. The molecule has 0 amide bonds. The normalized spacial score (nSPS) is 33.0. The molecule has 0 radical (unpaired) electrons. The molecule has 0 spiro atoms. The summed E-state index contributed by atoms with van der Waals surface area (Å²) in [5.41, 5.74) is 2.44. The minimum Gasteiger partial charge on any atom is -0.389 e. The van der Waals surface area contributed by atoms with Gasteiger partial charge in [0.05, 0.1) is 6.10 Å². The van der Waals surface area contributed by atoms with Gasteiger partial charge >= 0.3 is 0 Å². The van der Waals surface area contributed by atoms with Crippen LogP contribution in [-0.2, 0) is 9.78 Å². The Labute approximate surface area is 78.3 Å². The molecule has 1 atom stereocenters. The van der Waals surface area contributed by atoms with E-state index < -0.39 is 0 Å². The van der Waals surface area contributed by atoms with Crippen molar-refractivity contribution in [2.75, 3.05) is 13.2 Å². The van der Waals surface area contributed by atoms with Crippen LogP contribution in [0, 0.1) is 5.41 Å². The van der Waals surface area contributed by atoms with Crippen LogP contribution in [-0.4, -0.2) is 24.4 Å². The quantitative estimate of drug-likeness (QED) is 0.457. The third-order valence-corrected chi connectivity index (χ3v) is 3.15. The molecule has 0 fully saturated rings. The summed E-state index contributed by atoms with van der Waals surface area (Å²) in [6.07, 6.45) is 1.55. The Morgan fingerprint density at radius 3 is 2.69 bits per heavy atom. The van der Waals surface area contributed by atoms with E-state index in [1.165, 1.54) is 5.57 Å². The predicted octanol–water partition coefficient (Wildman–Crippen LogP) is 1.43. The summed E-state index contributed by atoms with van der Waals surface area (Å²) in [4.78, 5) is 9.84. The van der Waals surface area contributed by atoms with Crippen LogP contribution in [0.5, 0.6) is 0 Å². The highest BCUT2D eigenvalue weighted by atomic mass is 17.2. The van der Waals surface area contributed by atoms with E-state index in [2.05, 4.69) is 13.8 Å². The maximum absolute atomic E-state index is 9.74. The van der Waals surface area contributed by atoms with Crippen molar-refractivity contribution in [2.24, 2.45) is 5.41 Å². The van der Waals surface area contributed by atoms with Crippen LogP contribution >= 0.6 is 0 Å². The molecular formula is C10H16O3. The zero-order valence-corrected chi connectivity index (χ0v) is 8.17. The van der Waals surface area contributed by atoms with Crippen LogP contribution in [0.2, 0.25) is 0 Å². The van der Waals surface area contributed by atoms with E-state index in [0.717, 1.165) is 18.4 Å². The zero-order valence-electron chi connectivity index (χ0n) is 8.17. The molecule has 1 aliphatic heterocycles. The van der Waals surface area contributed by atoms with Crippen molar-refractivity contribution >= 4 is 0 Å². The number of aliphatic hydroxyl groups is 1. The van der Waals surface area contributed by atoms with E-state index in [9.17, 15) is 5.11 Å². The first-order valence-electron chi connectivity index (χ1n) is 4.76. The van der Waals surface area contributed by atoms with Crippen molar-refractivity contribution in [1.29, 1.82) is 0 Å². The summed E-state index contributed by atoms with van der Waals surface area (Å²) in [6.45, 7) is 5.34. The van der Waals surface area contributed by atoms with Gasteiger partial charge in [0.2, 0.25) is 0 Å². The van der Waals surface area contributed by atoms with E-state index in [1.807, 2.05) is 0 Å². The lowest BCUT2D eigenvalue weighted by Gasteiger charge is -2.39. The first-order valence-corrected chi connectivity index (χ1v) is 4.76. The SMILES string of the molecule is CC1(C)CCC(O)C2=C1COOC2. The van der Waals surface area contributed by atoms with Crippen molar-refractivity contribution in [3.63, 3.8) is 0 Å². The minimum atomic E-state index is -0.313. The summed E-state index contributed by atoms with van der Waals surface area (Å²) in [5.74, 6) is 0. The number of hydrogen-bond acceptors (Lipinski definition) is 3. The zero-order chi connectivity index (χ0) is 9.47.